The van der Waals surface area contributed by atoms with Gasteiger partial charge in [0.2, 0.25) is 5.91 Å². The number of fused-ring (bicyclic) bond motifs is 1. The van der Waals surface area contributed by atoms with E-state index in [1.807, 2.05) is 24.3 Å². The normalized spacial score (nSPS) is 17.4. The molecule has 5 nitrogen and oxygen atoms in total. The highest BCUT2D eigenvalue weighted by molar-refractivity contribution is 6.06. The number of amides is 1. The van der Waals surface area contributed by atoms with E-state index in [4.69, 9.17) is 11.5 Å². The van der Waals surface area contributed by atoms with Gasteiger partial charge in [-0.3, -0.25) is 4.79 Å². The maximum Gasteiger partial charge on any atom is 0.249 e. The van der Waals surface area contributed by atoms with E-state index < -0.39 is 5.91 Å². The number of hydrogen-bond donors (Lipinski definition) is 3. The highest BCUT2D eigenvalue weighted by Gasteiger charge is 2.40. The summed E-state index contributed by atoms with van der Waals surface area (Å²) < 4.78 is 0. The molecule has 110 valence electrons. The zero-order valence-electron chi connectivity index (χ0n) is 12.1. The number of rotatable bonds is 5. The van der Waals surface area contributed by atoms with E-state index in [1.54, 1.807) is 6.07 Å². The number of benzene rings is 1. The van der Waals surface area contributed by atoms with Crippen molar-refractivity contribution in [2.45, 2.75) is 25.3 Å². The van der Waals surface area contributed by atoms with Crippen LogP contribution in [0, 0.1) is 5.92 Å². The first kappa shape index (κ1) is 13.8. The summed E-state index contributed by atoms with van der Waals surface area (Å²) in [6.07, 6.45) is 2.36. The summed E-state index contributed by atoms with van der Waals surface area (Å²) in [5.74, 6) is 0.771. The smallest absolute Gasteiger partial charge is 0.249 e. The largest absolute Gasteiger partial charge is 0.366 e. The molecule has 0 spiro atoms. The van der Waals surface area contributed by atoms with Crippen molar-refractivity contribution in [2.24, 2.45) is 17.4 Å². The molecule has 1 fully saturated rings. The van der Waals surface area contributed by atoms with E-state index in [1.165, 1.54) is 12.8 Å². The van der Waals surface area contributed by atoms with Crippen molar-refractivity contribution in [3.8, 4) is 0 Å². The minimum Gasteiger partial charge on any atom is -0.366 e. The Kier molecular flexibility index (Phi) is 3.29. The number of carbonyl (C=O) groups is 1. The molecular weight excluding hydrogens is 264 g/mol. The Bertz CT molecular complexity index is 696. The molecule has 1 amide bonds. The van der Waals surface area contributed by atoms with Gasteiger partial charge in [-0.15, -0.1) is 0 Å². The molecule has 5 N–H and O–H groups in total. The van der Waals surface area contributed by atoms with Gasteiger partial charge in [0.25, 0.3) is 0 Å². The van der Waals surface area contributed by atoms with Gasteiger partial charge in [-0.25, -0.2) is 4.98 Å². The Balaban J connectivity index is 2.05. The van der Waals surface area contributed by atoms with E-state index in [2.05, 4.69) is 17.2 Å². The summed E-state index contributed by atoms with van der Waals surface area (Å²) in [6.45, 7) is 2.63. The van der Waals surface area contributed by atoms with Crippen LogP contribution in [-0.2, 0) is 0 Å². The van der Waals surface area contributed by atoms with Crippen LogP contribution in [0.1, 0.15) is 30.1 Å². The SMILES string of the molecule is CC(CN)(Nc1cc(C(N)=O)c2ccccc2n1)C1CC1. The van der Waals surface area contributed by atoms with E-state index in [9.17, 15) is 4.79 Å². The van der Waals surface area contributed by atoms with E-state index in [-0.39, 0.29) is 5.54 Å². The van der Waals surface area contributed by atoms with Crippen LogP contribution in [-0.4, -0.2) is 23.0 Å². The molecule has 5 heteroatoms. The molecule has 3 rings (SSSR count). The van der Waals surface area contributed by atoms with E-state index >= 15 is 0 Å². The zero-order valence-corrected chi connectivity index (χ0v) is 12.1. The lowest BCUT2D eigenvalue weighted by atomic mass is 9.96. The molecule has 1 saturated carbocycles. The van der Waals surface area contributed by atoms with Crippen molar-refractivity contribution in [1.82, 2.24) is 4.98 Å². The van der Waals surface area contributed by atoms with Crippen LogP contribution in [0.3, 0.4) is 0 Å². The Labute approximate surface area is 123 Å². The van der Waals surface area contributed by atoms with Gasteiger partial charge >= 0.3 is 0 Å². The predicted molar refractivity (Wildman–Crippen MR) is 84.1 cm³/mol. The summed E-state index contributed by atoms with van der Waals surface area (Å²) in [6, 6.07) is 9.23. The third kappa shape index (κ3) is 2.56. The number of nitrogens with one attached hydrogen (secondary N) is 1. The van der Waals surface area contributed by atoms with Crippen LogP contribution in [0.4, 0.5) is 5.82 Å². The molecule has 1 heterocycles. The Morgan fingerprint density at radius 3 is 2.76 bits per heavy atom. The minimum absolute atomic E-state index is 0.190. The van der Waals surface area contributed by atoms with Crippen molar-refractivity contribution in [2.75, 3.05) is 11.9 Å². The molecule has 1 unspecified atom stereocenters. The maximum absolute atomic E-state index is 11.7. The molecule has 0 radical (unpaired) electrons. The van der Waals surface area contributed by atoms with Crippen LogP contribution in [0.2, 0.25) is 0 Å². The number of nitrogens with zero attached hydrogens (tertiary/aromatic N) is 1. The van der Waals surface area contributed by atoms with Crippen LogP contribution in [0.5, 0.6) is 0 Å². The zero-order chi connectivity index (χ0) is 15.0. The van der Waals surface area contributed by atoms with Crippen molar-refractivity contribution in [3.63, 3.8) is 0 Å². The first-order chi connectivity index (χ1) is 10.0. The summed E-state index contributed by atoms with van der Waals surface area (Å²) >= 11 is 0. The number of para-hydroxylation sites is 1. The number of aromatic nitrogens is 1. The van der Waals surface area contributed by atoms with E-state index in [0.717, 1.165) is 10.9 Å². The fourth-order valence-electron chi connectivity index (χ4n) is 2.78. The highest BCUT2D eigenvalue weighted by atomic mass is 16.1. The monoisotopic (exact) mass is 284 g/mol. The third-order valence-electron chi connectivity index (χ3n) is 4.30. The second kappa shape index (κ2) is 5.00. The average molecular weight is 284 g/mol. The number of primary amides is 1. The first-order valence-corrected chi connectivity index (χ1v) is 7.21. The van der Waals surface area contributed by atoms with Gasteiger partial charge in [-0.05, 0) is 37.8 Å². The maximum atomic E-state index is 11.7. The van der Waals surface area contributed by atoms with Gasteiger partial charge < -0.3 is 16.8 Å². The molecule has 0 aliphatic heterocycles. The highest BCUT2D eigenvalue weighted by Crippen LogP contribution is 2.40. The molecule has 0 saturated heterocycles. The van der Waals surface area contributed by atoms with Crippen molar-refractivity contribution in [1.29, 1.82) is 0 Å². The summed E-state index contributed by atoms with van der Waals surface area (Å²) in [5, 5.41) is 4.18. The van der Waals surface area contributed by atoms with Gasteiger partial charge in [0.15, 0.2) is 0 Å². The summed E-state index contributed by atoms with van der Waals surface area (Å²) in [4.78, 5) is 16.3. The number of anilines is 1. The third-order valence-corrected chi connectivity index (χ3v) is 4.30. The number of pyridine rings is 1. The topological polar surface area (TPSA) is 94.0 Å². The number of hydrogen-bond acceptors (Lipinski definition) is 4. The van der Waals surface area contributed by atoms with Gasteiger partial charge in [0.05, 0.1) is 16.6 Å². The second-order valence-electron chi connectivity index (χ2n) is 5.96. The molecule has 21 heavy (non-hydrogen) atoms. The number of nitrogens with two attached hydrogens (primary N) is 2. The molecule has 2 aromatic rings. The summed E-state index contributed by atoms with van der Waals surface area (Å²) in [7, 11) is 0. The molecule has 1 atom stereocenters. The van der Waals surface area contributed by atoms with Crippen molar-refractivity contribution in [3.05, 3.63) is 35.9 Å². The number of carbonyl (C=O) groups excluding carboxylic acids is 1. The lowest BCUT2D eigenvalue weighted by Gasteiger charge is -2.30. The Hall–Kier alpha value is -2.14. The fourth-order valence-corrected chi connectivity index (χ4v) is 2.78. The van der Waals surface area contributed by atoms with Gasteiger partial charge in [-0.1, -0.05) is 18.2 Å². The molecule has 1 aromatic carbocycles. The molecule has 1 aromatic heterocycles. The lowest BCUT2D eigenvalue weighted by molar-refractivity contribution is 0.100. The average Bonchev–Trinajstić information content (AvgIpc) is 3.31. The van der Waals surface area contributed by atoms with Crippen LogP contribution in [0.25, 0.3) is 10.9 Å². The Morgan fingerprint density at radius 1 is 1.43 bits per heavy atom. The standard InChI is InChI=1S/C16H20N4O/c1-16(9-17,10-6-7-10)20-14-8-12(15(18)21)11-4-2-3-5-13(11)19-14/h2-5,8,10H,6-7,9,17H2,1H3,(H2,18,21)(H,19,20). The summed E-state index contributed by atoms with van der Waals surface area (Å²) in [5.41, 5.74) is 12.5. The first-order valence-electron chi connectivity index (χ1n) is 7.21. The van der Waals surface area contributed by atoms with Crippen LogP contribution in [0.15, 0.2) is 30.3 Å². The van der Waals surface area contributed by atoms with Gasteiger partial charge in [-0.2, -0.15) is 0 Å². The fraction of sp³-hybridized carbons (Fsp3) is 0.375. The minimum atomic E-state index is -0.447. The van der Waals surface area contributed by atoms with Gasteiger partial charge in [0, 0.05) is 11.9 Å². The lowest BCUT2D eigenvalue weighted by Crippen LogP contribution is -2.45. The van der Waals surface area contributed by atoms with Crippen molar-refractivity contribution < 1.29 is 4.79 Å². The van der Waals surface area contributed by atoms with Crippen LogP contribution >= 0.6 is 0 Å². The van der Waals surface area contributed by atoms with E-state index in [0.29, 0.717) is 23.8 Å². The second-order valence-corrected chi connectivity index (χ2v) is 5.96. The Morgan fingerprint density at radius 2 is 2.14 bits per heavy atom. The quantitative estimate of drug-likeness (QED) is 0.781. The van der Waals surface area contributed by atoms with Crippen LogP contribution < -0.4 is 16.8 Å². The predicted octanol–water partition coefficient (Wildman–Crippen LogP) is 1.87. The molecular formula is C16H20N4O. The van der Waals surface area contributed by atoms with Crippen molar-refractivity contribution >= 4 is 22.6 Å². The molecule has 0 bridgehead atoms. The molecule has 1 aliphatic carbocycles. The van der Waals surface area contributed by atoms with Gasteiger partial charge in [0.1, 0.15) is 5.82 Å². The molecule has 1 aliphatic rings.